The van der Waals surface area contributed by atoms with Gasteiger partial charge in [-0.1, -0.05) is 0 Å². The molecule has 2 rings (SSSR count). The van der Waals surface area contributed by atoms with Gasteiger partial charge in [0.15, 0.2) is 0 Å². The van der Waals surface area contributed by atoms with E-state index >= 15 is 0 Å². The largest absolute Gasteiger partial charge is 0.381 e. The third kappa shape index (κ3) is 3.59. The molecule has 2 heterocycles. The molecule has 0 spiro atoms. The van der Waals surface area contributed by atoms with Crippen molar-refractivity contribution in [1.82, 2.24) is 10.2 Å². The summed E-state index contributed by atoms with van der Waals surface area (Å²) >= 11 is 0. The summed E-state index contributed by atoms with van der Waals surface area (Å²) in [4.78, 5) is 2.67. The van der Waals surface area contributed by atoms with E-state index in [1.54, 1.807) is 0 Å². The first-order chi connectivity index (χ1) is 7.27. The zero-order chi connectivity index (χ0) is 10.7. The SMILES string of the molecule is CC1CNCC(C)N1CC1CCOCC1.Cl. The maximum atomic E-state index is 5.41. The fourth-order valence-corrected chi connectivity index (χ4v) is 2.76. The Balaban J connectivity index is 0.00000128. The molecule has 16 heavy (non-hydrogen) atoms. The van der Waals surface area contributed by atoms with E-state index in [9.17, 15) is 0 Å². The van der Waals surface area contributed by atoms with Gasteiger partial charge in [-0.25, -0.2) is 0 Å². The number of rotatable bonds is 2. The third-order valence-corrected chi connectivity index (χ3v) is 3.82. The molecule has 0 amide bonds. The number of nitrogens with one attached hydrogen (secondary N) is 1. The zero-order valence-corrected chi connectivity index (χ0v) is 11.3. The molecule has 0 aromatic carbocycles. The lowest BCUT2D eigenvalue weighted by molar-refractivity contribution is 0.0302. The first-order valence-corrected chi connectivity index (χ1v) is 6.31. The van der Waals surface area contributed by atoms with Crippen LogP contribution < -0.4 is 5.32 Å². The van der Waals surface area contributed by atoms with Crippen LogP contribution in [0.1, 0.15) is 26.7 Å². The molecule has 0 aliphatic carbocycles. The molecular weight excluding hydrogens is 224 g/mol. The monoisotopic (exact) mass is 248 g/mol. The van der Waals surface area contributed by atoms with Gasteiger partial charge in [-0.2, -0.15) is 0 Å². The molecule has 2 aliphatic heterocycles. The van der Waals surface area contributed by atoms with E-state index in [1.807, 2.05) is 0 Å². The molecule has 0 saturated carbocycles. The first-order valence-electron chi connectivity index (χ1n) is 6.31. The molecule has 0 radical (unpaired) electrons. The Morgan fingerprint density at radius 2 is 1.69 bits per heavy atom. The second-order valence-electron chi connectivity index (χ2n) is 5.11. The van der Waals surface area contributed by atoms with E-state index in [2.05, 4.69) is 24.1 Å². The maximum Gasteiger partial charge on any atom is 0.0469 e. The van der Waals surface area contributed by atoms with Crippen LogP contribution in [-0.2, 0) is 4.74 Å². The van der Waals surface area contributed by atoms with Gasteiger partial charge in [0.1, 0.15) is 0 Å². The minimum Gasteiger partial charge on any atom is -0.381 e. The molecular formula is C12H25ClN2O. The molecule has 2 unspecified atom stereocenters. The number of ether oxygens (including phenoxy) is 1. The lowest BCUT2D eigenvalue weighted by atomic mass is 9.97. The predicted molar refractivity (Wildman–Crippen MR) is 69.3 cm³/mol. The fourth-order valence-electron chi connectivity index (χ4n) is 2.76. The van der Waals surface area contributed by atoms with Gasteiger partial charge in [-0.05, 0) is 32.6 Å². The average Bonchev–Trinajstić information content (AvgIpc) is 2.25. The van der Waals surface area contributed by atoms with Crippen LogP contribution >= 0.6 is 12.4 Å². The highest BCUT2D eigenvalue weighted by Crippen LogP contribution is 2.20. The summed E-state index contributed by atoms with van der Waals surface area (Å²) in [5, 5.41) is 3.49. The van der Waals surface area contributed by atoms with Crippen LogP contribution in [-0.4, -0.2) is 49.8 Å². The number of piperazine rings is 1. The summed E-state index contributed by atoms with van der Waals surface area (Å²) in [6, 6.07) is 1.38. The van der Waals surface area contributed by atoms with Crippen LogP contribution in [0.3, 0.4) is 0 Å². The number of halogens is 1. The summed E-state index contributed by atoms with van der Waals surface area (Å²) < 4.78 is 5.41. The van der Waals surface area contributed by atoms with Crippen molar-refractivity contribution in [2.45, 2.75) is 38.8 Å². The Morgan fingerprint density at radius 3 is 2.25 bits per heavy atom. The third-order valence-electron chi connectivity index (χ3n) is 3.82. The minimum atomic E-state index is 0. The number of nitrogens with zero attached hydrogens (tertiary/aromatic N) is 1. The second kappa shape index (κ2) is 6.80. The summed E-state index contributed by atoms with van der Waals surface area (Å²) in [6.07, 6.45) is 2.51. The van der Waals surface area contributed by atoms with E-state index in [0.29, 0.717) is 12.1 Å². The molecule has 2 aliphatic rings. The van der Waals surface area contributed by atoms with Crippen molar-refractivity contribution in [3.05, 3.63) is 0 Å². The van der Waals surface area contributed by atoms with Crippen LogP contribution in [0.15, 0.2) is 0 Å². The van der Waals surface area contributed by atoms with Gasteiger partial charge in [0, 0.05) is 44.9 Å². The van der Waals surface area contributed by atoms with Gasteiger partial charge in [-0.15, -0.1) is 12.4 Å². The standard InChI is InChI=1S/C12H24N2O.ClH/c1-10-7-13-8-11(2)14(10)9-12-3-5-15-6-4-12;/h10-13H,3-9H2,1-2H3;1H. The summed E-state index contributed by atoms with van der Waals surface area (Å²) in [5.74, 6) is 0.863. The van der Waals surface area contributed by atoms with Crippen LogP contribution in [0, 0.1) is 5.92 Å². The normalized spacial score (nSPS) is 33.4. The summed E-state index contributed by atoms with van der Waals surface area (Å²) in [6.45, 7) is 10.2. The lowest BCUT2D eigenvalue weighted by Gasteiger charge is -2.41. The zero-order valence-electron chi connectivity index (χ0n) is 10.4. The van der Waals surface area contributed by atoms with Gasteiger partial charge in [0.25, 0.3) is 0 Å². The number of hydrogen-bond donors (Lipinski definition) is 1. The Bertz CT molecular complexity index is 187. The van der Waals surface area contributed by atoms with Crippen molar-refractivity contribution in [1.29, 1.82) is 0 Å². The minimum absolute atomic E-state index is 0. The van der Waals surface area contributed by atoms with Crippen molar-refractivity contribution in [3.8, 4) is 0 Å². The average molecular weight is 249 g/mol. The van der Waals surface area contributed by atoms with Crippen LogP contribution in [0.2, 0.25) is 0 Å². The van der Waals surface area contributed by atoms with E-state index < -0.39 is 0 Å². The fraction of sp³-hybridized carbons (Fsp3) is 1.00. The molecule has 96 valence electrons. The Labute approximate surface area is 105 Å². The second-order valence-corrected chi connectivity index (χ2v) is 5.11. The molecule has 2 saturated heterocycles. The molecule has 0 aromatic rings. The highest BCUT2D eigenvalue weighted by Gasteiger charge is 2.27. The van der Waals surface area contributed by atoms with E-state index in [-0.39, 0.29) is 12.4 Å². The lowest BCUT2D eigenvalue weighted by Crippen LogP contribution is -2.56. The Kier molecular flexibility index (Phi) is 6.05. The van der Waals surface area contributed by atoms with Crippen LogP contribution in [0.5, 0.6) is 0 Å². The van der Waals surface area contributed by atoms with Crippen LogP contribution in [0.4, 0.5) is 0 Å². The molecule has 0 aromatic heterocycles. The summed E-state index contributed by atoms with van der Waals surface area (Å²) in [5.41, 5.74) is 0. The van der Waals surface area contributed by atoms with E-state index in [1.165, 1.54) is 19.4 Å². The van der Waals surface area contributed by atoms with Gasteiger partial charge in [0.05, 0.1) is 0 Å². The van der Waals surface area contributed by atoms with Crippen molar-refractivity contribution >= 4 is 12.4 Å². The van der Waals surface area contributed by atoms with Gasteiger partial charge >= 0.3 is 0 Å². The smallest absolute Gasteiger partial charge is 0.0469 e. The van der Waals surface area contributed by atoms with Crippen molar-refractivity contribution in [3.63, 3.8) is 0 Å². The van der Waals surface area contributed by atoms with Gasteiger partial charge in [0.2, 0.25) is 0 Å². The molecule has 3 nitrogen and oxygen atoms in total. The maximum absolute atomic E-state index is 5.41. The topological polar surface area (TPSA) is 24.5 Å². The highest BCUT2D eigenvalue weighted by atomic mass is 35.5. The van der Waals surface area contributed by atoms with Crippen LogP contribution in [0.25, 0.3) is 0 Å². The van der Waals surface area contributed by atoms with Gasteiger partial charge < -0.3 is 10.1 Å². The molecule has 2 atom stereocenters. The molecule has 1 N–H and O–H groups in total. The first kappa shape index (κ1) is 14.2. The number of hydrogen-bond acceptors (Lipinski definition) is 3. The Hall–Kier alpha value is 0.170. The highest BCUT2D eigenvalue weighted by molar-refractivity contribution is 5.85. The Morgan fingerprint density at radius 1 is 1.12 bits per heavy atom. The van der Waals surface area contributed by atoms with E-state index in [0.717, 1.165) is 32.2 Å². The predicted octanol–water partition coefficient (Wildman–Crippen LogP) is 1.52. The molecule has 0 bridgehead atoms. The summed E-state index contributed by atoms with van der Waals surface area (Å²) in [7, 11) is 0. The van der Waals surface area contributed by atoms with Crippen molar-refractivity contribution in [2.75, 3.05) is 32.8 Å². The molecule has 4 heteroatoms. The quantitative estimate of drug-likeness (QED) is 0.802. The van der Waals surface area contributed by atoms with Gasteiger partial charge in [-0.3, -0.25) is 4.90 Å². The van der Waals surface area contributed by atoms with E-state index in [4.69, 9.17) is 4.74 Å². The molecule has 2 fully saturated rings. The van der Waals surface area contributed by atoms with Crippen molar-refractivity contribution < 1.29 is 4.74 Å². The van der Waals surface area contributed by atoms with Crippen molar-refractivity contribution in [2.24, 2.45) is 5.92 Å².